The summed E-state index contributed by atoms with van der Waals surface area (Å²) < 4.78 is 14.6. The number of amides is 1. The van der Waals surface area contributed by atoms with E-state index >= 15 is 0 Å². The first-order valence-corrected chi connectivity index (χ1v) is 8.00. The van der Waals surface area contributed by atoms with Crippen molar-refractivity contribution in [2.24, 2.45) is 0 Å². The Labute approximate surface area is 142 Å². The maximum atomic E-state index is 13.8. The van der Waals surface area contributed by atoms with Crippen molar-refractivity contribution < 1.29 is 14.3 Å². The number of rotatable bonds is 3. The lowest BCUT2D eigenvalue weighted by Crippen LogP contribution is -2.45. The predicted molar refractivity (Wildman–Crippen MR) is 88.0 cm³/mol. The number of halogens is 1. The van der Waals surface area contributed by atoms with Crippen molar-refractivity contribution in [2.45, 2.75) is 25.5 Å². The molecule has 0 saturated carbocycles. The minimum absolute atomic E-state index is 0.174. The lowest BCUT2D eigenvalue weighted by molar-refractivity contribution is 0.0544. The molecule has 2 heterocycles. The van der Waals surface area contributed by atoms with E-state index in [0.717, 1.165) is 10.8 Å². The van der Waals surface area contributed by atoms with E-state index in [1.54, 1.807) is 6.07 Å². The molecule has 2 aromatic rings. The standard InChI is InChI=1S/C17H18FN3O4/c18-14-4-2-1-3-11(14)10-21-16(24)13(9-19-17(21)25)15(23)20-7-5-12(22)6-8-20/h1-4,9,12,22H,5-8,10H2,(H,19,25). The Morgan fingerprint density at radius 1 is 1.24 bits per heavy atom. The number of aliphatic hydroxyl groups excluding tert-OH is 1. The third kappa shape index (κ3) is 3.53. The number of nitrogens with zero attached hydrogens (tertiary/aromatic N) is 2. The van der Waals surface area contributed by atoms with Gasteiger partial charge in [-0.15, -0.1) is 0 Å². The van der Waals surface area contributed by atoms with Crippen LogP contribution in [0.2, 0.25) is 0 Å². The summed E-state index contributed by atoms with van der Waals surface area (Å²) in [4.78, 5) is 40.9. The van der Waals surface area contributed by atoms with Gasteiger partial charge < -0.3 is 15.0 Å². The van der Waals surface area contributed by atoms with E-state index in [1.807, 2.05) is 0 Å². The van der Waals surface area contributed by atoms with Gasteiger partial charge >= 0.3 is 5.69 Å². The predicted octanol–water partition coefficient (Wildman–Crippen LogP) is 0.321. The maximum Gasteiger partial charge on any atom is 0.328 e. The Balaban J connectivity index is 1.92. The second-order valence-corrected chi connectivity index (χ2v) is 6.01. The molecule has 8 heteroatoms. The van der Waals surface area contributed by atoms with Gasteiger partial charge in [-0.25, -0.2) is 9.18 Å². The highest BCUT2D eigenvalue weighted by atomic mass is 19.1. The highest BCUT2D eigenvalue weighted by Gasteiger charge is 2.25. The Morgan fingerprint density at radius 3 is 2.60 bits per heavy atom. The van der Waals surface area contributed by atoms with E-state index in [4.69, 9.17) is 0 Å². The van der Waals surface area contributed by atoms with E-state index in [9.17, 15) is 23.9 Å². The van der Waals surface area contributed by atoms with Crippen molar-refractivity contribution in [3.63, 3.8) is 0 Å². The monoisotopic (exact) mass is 347 g/mol. The van der Waals surface area contributed by atoms with Crippen LogP contribution in [0.4, 0.5) is 4.39 Å². The number of hydrogen-bond donors (Lipinski definition) is 2. The van der Waals surface area contributed by atoms with Gasteiger partial charge in [0.15, 0.2) is 0 Å². The van der Waals surface area contributed by atoms with Gasteiger partial charge in [0.2, 0.25) is 0 Å². The fourth-order valence-corrected chi connectivity index (χ4v) is 2.84. The van der Waals surface area contributed by atoms with Crippen LogP contribution in [0.3, 0.4) is 0 Å². The zero-order valence-corrected chi connectivity index (χ0v) is 13.4. The van der Waals surface area contributed by atoms with Gasteiger partial charge in [-0.2, -0.15) is 0 Å². The fourth-order valence-electron chi connectivity index (χ4n) is 2.84. The van der Waals surface area contributed by atoms with Crippen LogP contribution in [0.5, 0.6) is 0 Å². The van der Waals surface area contributed by atoms with Gasteiger partial charge in [0, 0.05) is 24.8 Å². The smallest absolute Gasteiger partial charge is 0.328 e. The first-order valence-electron chi connectivity index (χ1n) is 8.00. The molecular weight excluding hydrogens is 329 g/mol. The number of aromatic nitrogens is 2. The molecule has 0 spiro atoms. The van der Waals surface area contributed by atoms with Gasteiger partial charge in [-0.3, -0.25) is 14.2 Å². The SMILES string of the molecule is O=C(c1c[nH]c(=O)n(Cc2ccccc2F)c1=O)N1CCC(O)CC1. The molecule has 0 unspecified atom stereocenters. The van der Waals surface area contributed by atoms with Gasteiger partial charge in [0.25, 0.3) is 11.5 Å². The number of carbonyl (C=O) groups is 1. The number of aliphatic hydroxyl groups is 1. The minimum Gasteiger partial charge on any atom is -0.393 e. The van der Waals surface area contributed by atoms with Gasteiger partial charge in [-0.05, 0) is 18.9 Å². The van der Waals surface area contributed by atoms with Gasteiger partial charge in [-0.1, -0.05) is 18.2 Å². The van der Waals surface area contributed by atoms with Gasteiger partial charge in [0.1, 0.15) is 11.4 Å². The van der Waals surface area contributed by atoms with E-state index < -0.39 is 29.1 Å². The number of hydrogen-bond acceptors (Lipinski definition) is 4. The second kappa shape index (κ2) is 7.02. The average molecular weight is 347 g/mol. The van der Waals surface area contributed by atoms with Crippen LogP contribution in [0.25, 0.3) is 0 Å². The largest absolute Gasteiger partial charge is 0.393 e. The maximum absolute atomic E-state index is 13.8. The number of aromatic amines is 1. The summed E-state index contributed by atoms with van der Waals surface area (Å²) in [6, 6.07) is 5.83. The first kappa shape index (κ1) is 17.1. The van der Waals surface area contributed by atoms with Crippen molar-refractivity contribution in [1.29, 1.82) is 0 Å². The molecule has 1 amide bonds. The van der Waals surface area contributed by atoms with Crippen molar-refractivity contribution in [3.05, 3.63) is 68.2 Å². The molecule has 132 valence electrons. The van der Waals surface area contributed by atoms with Crippen LogP contribution in [0.15, 0.2) is 40.1 Å². The Hall–Kier alpha value is -2.74. The van der Waals surface area contributed by atoms with Crippen LogP contribution in [-0.4, -0.2) is 44.7 Å². The number of benzene rings is 1. The van der Waals surface area contributed by atoms with Gasteiger partial charge in [0.05, 0.1) is 12.6 Å². The summed E-state index contributed by atoms with van der Waals surface area (Å²) in [6.07, 6.45) is 1.53. The second-order valence-electron chi connectivity index (χ2n) is 6.01. The molecule has 25 heavy (non-hydrogen) atoms. The molecule has 0 aliphatic carbocycles. The summed E-state index contributed by atoms with van der Waals surface area (Å²) in [5.74, 6) is -1.04. The van der Waals surface area contributed by atoms with Crippen LogP contribution in [0.1, 0.15) is 28.8 Å². The number of piperidine rings is 1. The fraction of sp³-hybridized carbons (Fsp3) is 0.353. The zero-order chi connectivity index (χ0) is 18.0. The van der Waals surface area contributed by atoms with E-state index in [1.165, 1.54) is 23.1 Å². The molecule has 2 N–H and O–H groups in total. The molecule has 1 aliphatic heterocycles. The molecule has 0 radical (unpaired) electrons. The Bertz CT molecular complexity index is 897. The van der Waals surface area contributed by atoms with Crippen LogP contribution >= 0.6 is 0 Å². The van der Waals surface area contributed by atoms with Crippen LogP contribution in [0, 0.1) is 5.82 Å². The van der Waals surface area contributed by atoms with Crippen molar-refractivity contribution in [2.75, 3.05) is 13.1 Å². The van der Waals surface area contributed by atoms with Crippen molar-refractivity contribution in [3.8, 4) is 0 Å². The number of H-pyrrole nitrogens is 1. The zero-order valence-electron chi connectivity index (χ0n) is 13.4. The van der Waals surface area contributed by atoms with Crippen LogP contribution < -0.4 is 11.2 Å². The third-order valence-electron chi connectivity index (χ3n) is 4.33. The van der Waals surface area contributed by atoms with Crippen LogP contribution in [-0.2, 0) is 6.54 Å². The summed E-state index contributed by atoms with van der Waals surface area (Å²) in [6.45, 7) is 0.415. The van der Waals surface area contributed by atoms with E-state index in [2.05, 4.69) is 4.98 Å². The molecule has 7 nitrogen and oxygen atoms in total. The summed E-state index contributed by atoms with van der Waals surface area (Å²) in [7, 11) is 0. The molecule has 1 aliphatic rings. The lowest BCUT2D eigenvalue weighted by atomic mass is 10.1. The molecule has 1 aromatic carbocycles. The average Bonchev–Trinajstić information content (AvgIpc) is 2.60. The topological polar surface area (TPSA) is 95.4 Å². The molecule has 1 aromatic heterocycles. The van der Waals surface area contributed by atoms with E-state index in [0.29, 0.717) is 25.9 Å². The quantitative estimate of drug-likeness (QED) is 0.836. The summed E-state index contributed by atoms with van der Waals surface area (Å²) in [5, 5.41) is 9.52. The number of nitrogens with one attached hydrogen (secondary N) is 1. The molecule has 0 bridgehead atoms. The molecular formula is C17H18FN3O4. The molecule has 1 fully saturated rings. The highest BCUT2D eigenvalue weighted by molar-refractivity contribution is 5.93. The van der Waals surface area contributed by atoms with Crippen molar-refractivity contribution in [1.82, 2.24) is 14.5 Å². The van der Waals surface area contributed by atoms with Crippen molar-refractivity contribution >= 4 is 5.91 Å². The highest BCUT2D eigenvalue weighted by Crippen LogP contribution is 2.12. The Kier molecular flexibility index (Phi) is 4.80. The first-order chi connectivity index (χ1) is 12.0. The lowest BCUT2D eigenvalue weighted by Gasteiger charge is -2.29. The Morgan fingerprint density at radius 2 is 1.92 bits per heavy atom. The molecule has 3 rings (SSSR count). The number of carbonyl (C=O) groups excluding carboxylic acids is 1. The normalized spacial score (nSPS) is 15.4. The third-order valence-corrected chi connectivity index (χ3v) is 4.33. The summed E-state index contributed by atoms with van der Waals surface area (Å²) in [5.41, 5.74) is -1.46. The van der Waals surface area contributed by atoms with E-state index in [-0.39, 0.29) is 17.7 Å². The summed E-state index contributed by atoms with van der Waals surface area (Å²) >= 11 is 0. The molecule has 0 atom stereocenters. The minimum atomic E-state index is -0.761. The number of likely N-dealkylation sites (tertiary alicyclic amines) is 1. The molecule has 1 saturated heterocycles.